The van der Waals surface area contributed by atoms with Crippen LogP contribution in [0.5, 0.6) is 5.75 Å². The summed E-state index contributed by atoms with van der Waals surface area (Å²) in [7, 11) is -2.05. The molecule has 0 atom stereocenters. The fourth-order valence-electron chi connectivity index (χ4n) is 2.06. The predicted molar refractivity (Wildman–Crippen MR) is 103 cm³/mol. The number of halogens is 2. The van der Waals surface area contributed by atoms with Gasteiger partial charge in [-0.2, -0.15) is 8.42 Å². The van der Waals surface area contributed by atoms with E-state index in [1.807, 2.05) is 0 Å². The number of methoxy groups -OCH3 is 1. The van der Waals surface area contributed by atoms with Gasteiger partial charge in [-0.05, 0) is 37.0 Å². The molecule has 10 heteroatoms. The number of hydrogen-bond donors (Lipinski definition) is 0. The third-order valence-electron chi connectivity index (χ3n) is 3.36. The van der Waals surface area contributed by atoms with Gasteiger partial charge in [0, 0.05) is 13.0 Å². The van der Waals surface area contributed by atoms with Crippen LogP contribution < -0.4 is 4.74 Å². The molecule has 0 heterocycles. The Morgan fingerprint density at radius 2 is 1.67 bits per heavy atom. The highest BCUT2D eigenvalue weighted by Crippen LogP contribution is 2.34. The molecule has 0 radical (unpaired) electrons. The van der Waals surface area contributed by atoms with Crippen LogP contribution in [0.1, 0.15) is 24.8 Å². The lowest BCUT2D eigenvalue weighted by atomic mass is 10.1. The van der Waals surface area contributed by atoms with Gasteiger partial charge in [-0.15, -0.1) is 0 Å². The van der Waals surface area contributed by atoms with E-state index in [1.54, 1.807) is 12.1 Å². The van der Waals surface area contributed by atoms with Crippen molar-refractivity contribution in [3.8, 4) is 5.75 Å². The maximum atomic E-state index is 11.2. The second-order valence-corrected chi connectivity index (χ2v) is 8.12. The standard InChI is InChI=1S/C17H24Cl2O7S/c1-23-16(20)6-5-13-11-14(18)17(15(19)12-13)25-10-9-24-7-3-4-8-26-27(2,21)22/h11-12H,3-10H2,1-2H3. The molecule has 27 heavy (non-hydrogen) atoms. The van der Waals surface area contributed by atoms with Gasteiger partial charge in [0.15, 0.2) is 5.75 Å². The molecular weight excluding hydrogens is 419 g/mol. The van der Waals surface area contributed by atoms with E-state index in [0.717, 1.165) is 11.8 Å². The zero-order chi connectivity index (χ0) is 20.3. The van der Waals surface area contributed by atoms with Gasteiger partial charge in [0.1, 0.15) is 6.61 Å². The summed E-state index contributed by atoms with van der Waals surface area (Å²) in [5, 5.41) is 0.723. The molecule has 0 unspecified atom stereocenters. The number of carbonyl (C=O) groups excluding carboxylic acids is 1. The average molecular weight is 443 g/mol. The Balaban J connectivity index is 2.27. The SMILES string of the molecule is COC(=O)CCc1cc(Cl)c(OCCOCCCCOS(C)(=O)=O)c(Cl)c1. The highest BCUT2D eigenvalue weighted by molar-refractivity contribution is 7.85. The van der Waals surface area contributed by atoms with Crippen LogP contribution in [0.25, 0.3) is 0 Å². The van der Waals surface area contributed by atoms with Crippen molar-refractivity contribution in [2.24, 2.45) is 0 Å². The van der Waals surface area contributed by atoms with E-state index >= 15 is 0 Å². The minimum atomic E-state index is -3.39. The first kappa shape index (κ1) is 24.0. The third-order valence-corrected chi connectivity index (χ3v) is 4.51. The highest BCUT2D eigenvalue weighted by Gasteiger charge is 2.11. The Kier molecular flexibility index (Phi) is 11.0. The Labute approximate surface area is 170 Å². The molecule has 7 nitrogen and oxygen atoms in total. The molecule has 0 aliphatic carbocycles. The van der Waals surface area contributed by atoms with Crippen LogP contribution in [-0.4, -0.2) is 54.2 Å². The third kappa shape index (κ3) is 10.8. The summed E-state index contributed by atoms with van der Waals surface area (Å²) in [6.45, 7) is 1.21. The molecule has 0 aliphatic rings. The second-order valence-electron chi connectivity index (χ2n) is 5.66. The topological polar surface area (TPSA) is 88.1 Å². The largest absolute Gasteiger partial charge is 0.488 e. The van der Waals surface area contributed by atoms with Crippen LogP contribution in [0, 0.1) is 0 Å². The van der Waals surface area contributed by atoms with Crippen LogP contribution >= 0.6 is 23.2 Å². The van der Waals surface area contributed by atoms with E-state index in [4.69, 9.17) is 32.7 Å². The fourth-order valence-corrected chi connectivity index (χ4v) is 3.13. The summed E-state index contributed by atoms with van der Waals surface area (Å²) < 4.78 is 41.8. The summed E-state index contributed by atoms with van der Waals surface area (Å²) in [5.74, 6) is 0.0629. The monoisotopic (exact) mass is 442 g/mol. The van der Waals surface area contributed by atoms with Crippen molar-refractivity contribution in [3.63, 3.8) is 0 Å². The number of ether oxygens (including phenoxy) is 3. The van der Waals surface area contributed by atoms with Crippen LogP contribution in [0.4, 0.5) is 0 Å². The molecule has 1 rings (SSSR count). The zero-order valence-corrected chi connectivity index (χ0v) is 17.7. The van der Waals surface area contributed by atoms with Crippen molar-refractivity contribution in [1.29, 1.82) is 0 Å². The minimum Gasteiger partial charge on any atom is -0.488 e. The van der Waals surface area contributed by atoms with E-state index in [9.17, 15) is 13.2 Å². The number of hydrogen-bond acceptors (Lipinski definition) is 7. The Bertz CT molecular complexity index is 684. The van der Waals surface area contributed by atoms with Crippen LogP contribution in [0.2, 0.25) is 10.0 Å². The lowest BCUT2D eigenvalue weighted by molar-refractivity contribution is -0.140. The normalized spacial score (nSPS) is 11.4. The minimum absolute atomic E-state index is 0.145. The molecule has 0 fully saturated rings. The van der Waals surface area contributed by atoms with Crippen molar-refractivity contribution >= 4 is 39.3 Å². The maximum absolute atomic E-state index is 11.2. The highest BCUT2D eigenvalue weighted by atomic mass is 35.5. The quantitative estimate of drug-likeness (QED) is 0.263. The van der Waals surface area contributed by atoms with E-state index < -0.39 is 10.1 Å². The molecule has 0 bridgehead atoms. The average Bonchev–Trinajstić information content (AvgIpc) is 2.59. The van der Waals surface area contributed by atoms with Crippen LogP contribution in [0.3, 0.4) is 0 Å². The van der Waals surface area contributed by atoms with Crippen LogP contribution in [-0.2, 0) is 35.0 Å². The van der Waals surface area contributed by atoms with Crippen LogP contribution in [0.15, 0.2) is 12.1 Å². The maximum Gasteiger partial charge on any atom is 0.305 e. The van der Waals surface area contributed by atoms with E-state index in [0.29, 0.717) is 48.3 Å². The number of benzene rings is 1. The van der Waals surface area contributed by atoms with E-state index in [-0.39, 0.29) is 25.6 Å². The van der Waals surface area contributed by atoms with E-state index in [2.05, 4.69) is 8.92 Å². The fraction of sp³-hybridized carbons (Fsp3) is 0.588. The predicted octanol–water partition coefficient (Wildman–Crippen LogP) is 3.25. The number of unbranched alkanes of at least 4 members (excludes halogenated alkanes) is 1. The summed E-state index contributed by atoms with van der Waals surface area (Å²) >= 11 is 12.4. The van der Waals surface area contributed by atoms with Gasteiger partial charge in [0.25, 0.3) is 10.1 Å². The molecular formula is C17H24Cl2O7S. The van der Waals surface area contributed by atoms with Crippen molar-refractivity contribution in [2.75, 3.05) is 39.8 Å². The molecule has 0 N–H and O–H groups in total. The van der Waals surface area contributed by atoms with Crippen molar-refractivity contribution in [3.05, 3.63) is 27.7 Å². The van der Waals surface area contributed by atoms with Gasteiger partial charge in [0.05, 0.1) is 36.6 Å². The summed E-state index contributed by atoms with van der Waals surface area (Å²) in [4.78, 5) is 11.2. The molecule has 0 aliphatic heterocycles. The van der Waals surface area contributed by atoms with Gasteiger partial charge in [-0.25, -0.2) is 0 Å². The summed E-state index contributed by atoms with van der Waals surface area (Å²) in [6.07, 6.45) is 2.98. The van der Waals surface area contributed by atoms with Crippen molar-refractivity contribution in [1.82, 2.24) is 0 Å². The molecule has 0 aromatic heterocycles. The number of carbonyl (C=O) groups is 1. The first-order valence-corrected chi connectivity index (χ1v) is 10.9. The smallest absolute Gasteiger partial charge is 0.305 e. The molecule has 0 amide bonds. The number of rotatable bonds is 13. The summed E-state index contributed by atoms with van der Waals surface area (Å²) in [6, 6.07) is 3.41. The molecule has 0 saturated carbocycles. The Hall–Kier alpha value is -1.06. The van der Waals surface area contributed by atoms with Gasteiger partial charge in [-0.3, -0.25) is 8.98 Å². The molecule has 0 spiro atoms. The van der Waals surface area contributed by atoms with Gasteiger partial charge in [-0.1, -0.05) is 23.2 Å². The lowest BCUT2D eigenvalue weighted by Gasteiger charge is -2.12. The first-order chi connectivity index (χ1) is 12.7. The zero-order valence-electron chi connectivity index (χ0n) is 15.3. The molecule has 1 aromatic carbocycles. The molecule has 1 aromatic rings. The van der Waals surface area contributed by atoms with Crippen molar-refractivity contribution in [2.45, 2.75) is 25.7 Å². The summed E-state index contributed by atoms with van der Waals surface area (Å²) in [5.41, 5.74) is 0.815. The second kappa shape index (κ2) is 12.4. The number of aryl methyl sites for hydroxylation is 1. The van der Waals surface area contributed by atoms with Crippen molar-refractivity contribution < 1.29 is 31.6 Å². The Morgan fingerprint density at radius 1 is 1.04 bits per heavy atom. The van der Waals surface area contributed by atoms with E-state index in [1.165, 1.54) is 7.11 Å². The lowest BCUT2D eigenvalue weighted by Crippen LogP contribution is -2.09. The number of esters is 1. The molecule has 154 valence electrons. The Morgan fingerprint density at radius 3 is 2.26 bits per heavy atom. The first-order valence-electron chi connectivity index (χ1n) is 8.32. The van der Waals surface area contributed by atoms with Gasteiger partial charge >= 0.3 is 5.97 Å². The van der Waals surface area contributed by atoms with Gasteiger partial charge in [0.2, 0.25) is 0 Å². The molecule has 0 saturated heterocycles. The van der Waals surface area contributed by atoms with Gasteiger partial charge < -0.3 is 14.2 Å².